The molecule has 3 heteroatoms. The Bertz CT molecular complexity index is 515. The lowest BCUT2D eigenvalue weighted by Crippen LogP contribution is -1.94. The summed E-state index contributed by atoms with van der Waals surface area (Å²) in [5.74, 6) is -0.835. The van der Waals surface area contributed by atoms with E-state index in [2.05, 4.69) is 6.07 Å². The summed E-state index contributed by atoms with van der Waals surface area (Å²) in [5.41, 5.74) is 1.53. The van der Waals surface area contributed by atoms with Crippen LogP contribution in [0, 0.1) is 6.07 Å². The summed E-state index contributed by atoms with van der Waals surface area (Å²) < 4.78 is 0. The molecule has 0 aliphatic rings. The molecule has 3 nitrogen and oxygen atoms in total. The summed E-state index contributed by atoms with van der Waals surface area (Å²) >= 11 is 0. The van der Waals surface area contributed by atoms with Crippen molar-refractivity contribution in [2.75, 3.05) is 0 Å². The first kappa shape index (κ1) is 10.2. The van der Waals surface area contributed by atoms with Gasteiger partial charge in [0.2, 0.25) is 0 Å². The van der Waals surface area contributed by atoms with E-state index in [9.17, 15) is 9.90 Å². The number of hydrogen-bond donors (Lipinski definition) is 2. The summed E-state index contributed by atoms with van der Waals surface area (Å²) in [5, 5.41) is 18.3. The number of benzene rings is 2. The maximum absolute atomic E-state index is 10.7. The molecule has 0 amide bonds. The van der Waals surface area contributed by atoms with Gasteiger partial charge >= 0.3 is 5.97 Å². The van der Waals surface area contributed by atoms with E-state index in [1.54, 1.807) is 30.3 Å². The van der Waals surface area contributed by atoms with Gasteiger partial charge in [-0.3, -0.25) is 0 Å². The monoisotopic (exact) mass is 213 g/mol. The van der Waals surface area contributed by atoms with Crippen LogP contribution in [0.4, 0.5) is 0 Å². The van der Waals surface area contributed by atoms with Gasteiger partial charge in [0.25, 0.3) is 0 Å². The molecule has 0 unspecified atom stereocenters. The molecular formula is C13H9O3. The molecule has 2 aromatic carbocycles. The molecule has 0 heterocycles. The number of carbonyl (C=O) groups is 1. The van der Waals surface area contributed by atoms with E-state index in [0.29, 0.717) is 5.56 Å². The van der Waals surface area contributed by atoms with Gasteiger partial charge in [-0.2, -0.15) is 0 Å². The Morgan fingerprint density at radius 2 is 1.81 bits per heavy atom. The number of aromatic carboxylic acids is 1. The molecule has 0 saturated heterocycles. The average molecular weight is 213 g/mol. The molecule has 0 aromatic heterocycles. The number of carboxylic acid groups (broad SMARTS) is 1. The van der Waals surface area contributed by atoms with Crippen LogP contribution >= 0.6 is 0 Å². The van der Waals surface area contributed by atoms with Crippen molar-refractivity contribution in [3.05, 3.63) is 54.1 Å². The summed E-state index contributed by atoms with van der Waals surface area (Å²) in [4.78, 5) is 10.7. The topological polar surface area (TPSA) is 57.5 Å². The predicted octanol–water partition coefficient (Wildman–Crippen LogP) is 2.56. The third kappa shape index (κ3) is 1.88. The number of aromatic hydroxyl groups is 1. The standard InChI is InChI=1S/C13H9O3/c14-12-4-2-1-3-11(12)9-5-7-10(8-6-9)13(15)16/h1-2,4-8,14H,(H,15,16). The van der Waals surface area contributed by atoms with Crippen LogP contribution in [0.2, 0.25) is 0 Å². The highest BCUT2D eigenvalue weighted by atomic mass is 16.4. The highest BCUT2D eigenvalue weighted by Gasteiger charge is 2.05. The van der Waals surface area contributed by atoms with Crippen molar-refractivity contribution < 1.29 is 15.0 Å². The van der Waals surface area contributed by atoms with E-state index >= 15 is 0 Å². The number of phenols is 1. The van der Waals surface area contributed by atoms with Gasteiger partial charge in [0.15, 0.2) is 0 Å². The van der Waals surface area contributed by atoms with E-state index in [4.69, 9.17) is 5.11 Å². The minimum absolute atomic E-state index is 0.130. The first-order chi connectivity index (χ1) is 7.68. The zero-order valence-corrected chi connectivity index (χ0v) is 8.34. The van der Waals surface area contributed by atoms with Crippen LogP contribution in [0.5, 0.6) is 5.75 Å². The van der Waals surface area contributed by atoms with Crippen molar-refractivity contribution in [2.24, 2.45) is 0 Å². The van der Waals surface area contributed by atoms with Crippen molar-refractivity contribution in [2.45, 2.75) is 0 Å². The second kappa shape index (κ2) is 4.06. The van der Waals surface area contributed by atoms with E-state index in [0.717, 1.165) is 5.56 Å². The normalized spacial score (nSPS) is 10.0. The molecule has 0 fully saturated rings. The minimum Gasteiger partial charge on any atom is -0.507 e. The zero-order chi connectivity index (χ0) is 11.5. The van der Waals surface area contributed by atoms with Crippen molar-refractivity contribution >= 4 is 5.97 Å². The third-order valence-corrected chi connectivity index (χ3v) is 2.25. The first-order valence-electron chi connectivity index (χ1n) is 4.72. The largest absolute Gasteiger partial charge is 0.507 e. The molecule has 16 heavy (non-hydrogen) atoms. The van der Waals surface area contributed by atoms with Crippen LogP contribution in [0.25, 0.3) is 11.1 Å². The molecule has 0 saturated carbocycles. The van der Waals surface area contributed by atoms with Crippen molar-refractivity contribution in [1.82, 2.24) is 0 Å². The molecule has 0 bridgehead atoms. The van der Waals surface area contributed by atoms with Gasteiger partial charge in [0.1, 0.15) is 5.75 Å². The average Bonchev–Trinajstić information content (AvgIpc) is 2.30. The van der Waals surface area contributed by atoms with Gasteiger partial charge in [-0.25, -0.2) is 4.79 Å². The van der Waals surface area contributed by atoms with Crippen LogP contribution < -0.4 is 0 Å². The van der Waals surface area contributed by atoms with Gasteiger partial charge in [-0.05, 0) is 29.8 Å². The van der Waals surface area contributed by atoms with E-state index in [1.807, 2.05) is 0 Å². The Labute approximate surface area is 92.6 Å². The molecule has 2 N–H and O–H groups in total. The maximum Gasteiger partial charge on any atom is 0.335 e. The van der Waals surface area contributed by atoms with Crippen molar-refractivity contribution in [1.29, 1.82) is 0 Å². The van der Waals surface area contributed by atoms with Crippen LogP contribution in [0.1, 0.15) is 10.4 Å². The lowest BCUT2D eigenvalue weighted by atomic mass is 10.0. The highest BCUT2D eigenvalue weighted by molar-refractivity contribution is 5.88. The molecule has 2 aromatic rings. The van der Waals surface area contributed by atoms with Crippen LogP contribution in [-0.4, -0.2) is 16.2 Å². The Balaban J connectivity index is 2.43. The van der Waals surface area contributed by atoms with Gasteiger partial charge in [-0.15, -0.1) is 0 Å². The fourth-order valence-electron chi connectivity index (χ4n) is 1.44. The summed E-state index contributed by atoms with van der Waals surface area (Å²) in [7, 11) is 0. The lowest BCUT2D eigenvalue weighted by Gasteiger charge is -2.03. The Hall–Kier alpha value is -2.29. The summed E-state index contributed by atoms with van der Waals surface area (Å²) in [6.07, 6.45) is 0. The predicted molar refractivity (Wildman–Crippen MR) is 59.3 cm³/mol. The van der Waals surface area contributed by atoms with Crippen LogP contribution in [0.15, 0.2) is 42.5 Å². The first-order valence-corrected chi connectivity index (χ1v) is 4.72. The van der Waals surface area contributed by atoms with Gasteiger partial charge < -0.3 is 10.2 Å². The molecule has 0 aliphatic heterocycles. The van der Waals surface area contributed by atoms with Gasteiger partial charge in [0.05, 0.1) is 5.56 Å². The highest BCUT2D eigenvalue weighted by Crippen LogP contribution is 2.27. The molecule has 1 radical (unpaired) electrons. The molecule has 0 aliphatic carbocycles. The Kier molecular flexibility index (Phi) is 2.60. The number of carboxylic acids is 1. The molecule has 79 valence electrons. The number of phenolic OH excluding ortho intramolecular Hbond substituents is 1. The van der Waals surface area contributed by atoms with Crippen LogP contribution in [-0.2, 0) is 0 Å². The zero-order valence-electron chi connectivity index (χ0n) is 8.34. The van der Waals surface area contributed by atoms with Gasteiger partial charge in [0, 0.05) is 5.56 Å². The molecular weight excluding hydrogens is 204 g/mol. The van der Waals surface area contributed by atoms with Crippen LogP contribution in [0.3, 0.4) is 0 Å². The second-order valence-electron chi connectivity index (χ2n) is 3.31. The third-order valence-electron chi connectivity index (χ3n) is 2.25. The Morgan fingerprint density at radius 1 is 1.12 bits per heavy atom. The SMILES string of the molecule is O=C(O)c1ccc(-c2[c]cccc2O)cc1. The molecule has 0 spiro atoms. The Morgan fingerprint density at radius 3 is 2.38 bits per heavy atom. The fourth-order valence-corrected chi connectivity index (χ4v) is 1.44. The fraction of sp³-hybridized carbons (Fsp3) is 0. The number of hydrogen-bond acceptors (Lipinski definition) is 2. The quantitative estimate of drug-likeness (QED) is 0.806. The maximum atomic E-state index is 10.7. The summed E-state index contributed by atoms with van der Waals surface area (Å²) in [6.45, 7) is 0. The van der Waals surface area contributed by atoms with Crippen molar-refractivity contribution in [3.63, 3.8) is 0 Å². The van der Waals surface area contributed by atoms with Crippen molar-refractivity contribution in [3.8, 4) is 16.9 Å². The number of rotatable bonds is 2. The summed E-state index contributed by atoms with van der Waals surface area (Å²) in [6, 6.07) is 14.1. The smallest absolute Gasteiger partial charge is 0.335 e. The van der Waals surface area contributed by atoms with E-state index < -0.39 is 5.97 Å². The van der Waals surface area contributed by atoms with E-state index in [1.165, 1.54) is 12.1 Å². The van der Waals surface area contributed by atoms with Gasteiger partial charge in [-0.1, -0.05) is 24.3 Å². The second-order valence-corrected chi connectivity index (χ2v) is 3.31. The molecule has 0 atom stereocenters. The molecule has 2 rings (SSSR count). The lowest BCUT2D eigenvalue weighted by molar-refractivity contribution is 0.0697. The minimum atomic E-state index is -0.965. The van der Waals surface area contributed by atoms with E-state index in [-0.39, 0.29) is 11.3 Å².